The lowest BCUT2D eigenvalue weighted by Gasteiger charge is -2.07. The molecule has 0 aliphatic heterocycles. The number of hydrogen-bond donors (Lipinski definition) is 1. The molecule has 2 aromatic rings. The highest BCUT2D eigenvalue weighted by Crippen LogP contribution is 2.17. The first-order chi connectivity index (χ1) is 9.40. The largest absolute Gasteiger partial charge is 0.366 e. The van der Waals surface area contributed by atoms with Crippen molar-refractivity contribution in [1.29, 1.82) is 0 Å². The quantitative estimate of drug-likeness (QED) is 0.850. The minimum absolute atomic E-state index is 0.0460. The minimum Gasteiger partial charge on any atom is -0.366 e. The van der Waals surface area contributed by atoms with Gasteiger partial charge < -0.3 is 5.73 Å². The number of primary amides is 1. The zero-order valence-corrected chi connectivity index (χ0v) is 13.1. The summed E-state index contributed by atoms with van der Waals surface area (Å²) in [5, 5.41) is 3.90. The van der Waals surface area contributed by atoms with Gasteiger partial charge in [0.25, 0.3) is 5.56 Å². The van der Waals surface area contributed by atoms with Crippen LogP contribution in [0.2, 0.25) is 0 Å². The molecule has 0 spiro atoms. The van der Waals surface area contributed by atoms with Crippen LogP contribution in [0.25, 0.3) is 0 Å². The highest BCUT2D eigenvalue weighted by molar-refractivity contribution is 9.13. The molecular formula is C12H8Br2FN3O2. The second-order valence-corrected chi connectivity index (χ2v) is 5.59. The molecule has 0 saturated carbocycles. The smallest absolute Gasteiger partial charge is 0.282 e. The molecule has 20 heavy (non-hydrogen) atoms. The van der Waals surface area contributed by atoms with Gasteiger partial charge in [-0.15, -0.1) is 0 Å². The van der Waals surface area contributed by atoms with E-state index in [1.165, 1.54) is 18.3 Å². The summed E-state index contributed by atoms with van der Waals surface area (Å²) in [7, 11) is 0. The van der Waals surface area contributed by atoms with E-state index < -0.39 is 17.3 Å². The van der Waals surface area contributed by atoms with Crippen LogP contribution in [-0.2, 0) is 6.54 Å². The Morgan fingerprint density at radius 2 is 2.10 bits per heavy atom. The second-order valence-electron chi connectivity index (χ2n) is 3.94. The van der Waals surface area contributed by atoms with Crippen molar-refractivity contribution < 1.29 is 9.18 Å². The number of nitrogens with zero attached hydrogens (tertiary/aromatic N) is 2. The van der Waals surface area contributed by atoms with Gasteiger partial charge in [-0.3, -0.25) is 9.59 Å². The van der Waals surface area contributed by atoms with Crippen molar-refractivity contribution in [1.82, 2.24) is 9.78 Å². The van der Waals surface area contributed by atoms with Crippen molar-refractivity contribution in [3.8, 4) is 0 Å². The number of halogens is 3. The van der Waals surface area contributed by atoms with E-state index in [4.69, 9.17) is 5.73 Å². The van der Waals surface area contributed by atoms with Gasteiger partial charge in [0.05, 0.1) is 17.2 Å². The fourth-order valence-corrected chi connectivity index (χ4v) is 2.12. The molecule has 104 valence electrons. The van der Waals surface area contributed by atoms with Gasteiger partial charge in [0.2, 0.25) is 5.91 Å². The highest BCUT2D eigenvalue weighted by Gasteiger charge is 2.11. The van der Waals surface area contributed by atoms with Crippen LogP contribution in [0.3, 0.4) is 0 Å². The molecule has 0 saturated heterocycles. The SMILES string of the molecule is NC(=O)c1ccc(Cn2ncc(Br)c(Br)c2=O)c(F)c1. The van der Waals surface area contributed by atoms with E-state index in [0.717, 1.165) is 10.7 Å². The maximum atomic E-state index is 13.8. The van der Waals surface area contributed by atoms with E-state index in [1.54, 1.807) is 0 Å². The Hall–Kier alpha value is -1.54. The molecule has 1 aromatic carbocycles. The molecule has 2 N–H and O–H groups in total. The maximum absolute atomic E-state index is 13.8. The number of carbonyl (C=O) groups is 1. The molecule has 1 heterocycles. The van der Waals surface area contributed by atoms with E-state index in [1.807, 2.05) is 0 Å². The van der Waals surface area contributed by atoms with Crippen LogP contribution in [0.5, 0.6) is 0 Å². The second kappa shape index (κ2) is 5.84. The molecule has 0 unspecified atom stereocenters. The fourth-order valence-electron chi connectivity index (χ4n) is 1.55. The zero-order chi connectivity index (χ0) is 14.9. The Morgan fingerprint density at radius 3 is 2.70 bits per heavy atom. The first-order valence-electron chi connectivity index (χ1n) is 5.39. The van der Waals surface area contributed by atoms with Gasteiger partial charge >= 0.3 is 0 Å². The van der Waals surface area contributed by atoms with Crippen molar-refractivity contribution in [2.45, 2.75) is 6.54 Å². The highest BCUT2D eigenvalue weighted by atomic mass is 79.9. The number of aromatic nitrogens is 2. The van der Waals surface area contributed by atoms with Gasteiger partial charge in [-0.25, -0.2) is 9.07 Å². The van der Waals surface area contributed by atoms with Gasteiger partial charge in [0.1, 0.15) is 10.3 Å². The van der Waals surface area contributed by atoms with E-state index >= 15 is 0 Å². The summed E-state index contributed by atoms with van der Waals surface area (Å²) in [6.45, 7) is -0.0460. The summed E-state index contributed by atoms with van der Waals surface area (Å²) >= 11 is 6.27. The standard InChI is InChI=1S/C12H8Br2FN3O2/c13-8-4-17-18(12(20)10(8)14)5-7-2-1-6(11(16)19)3-9(7)15/h1-4H,5H2,(H2,16,19). The van der Waals surface area contributed by atoms with E-state index in [0.29, 0.717) is 8.95 Å². The van der Waals surface area contributed by atoms with Crippen LogP contribution >= 0.6 is 31.9 Å². The average molecular weight is 405 g/mol. The predicted molar refractivity (Wildman–Crippen MR) is 77.9 cm³/mol. The summed E-state index contributed by atoms with van der Waals surface area (Å²) in [6.07, 6.45) is 1.43. The Morgan fingerprint density at radius 1 is 1.40 bits per heavy atom. The van der Waals surface area contributed by atoms with Crippen molar-refractivity contribution in [2.24, 2.45) is 5.73 Å². The van der Waals surface area contributed by atoms with Crippen LogP contribution in [-0.4, -0.2) is 15.7 Å². The summed E-state index contributed by atoms with van der Waals surface area (Å²) in [5.74, 6) is -1.33. The molecule has 1 aromatic heterocycles. The summed E-state index contributed by atoms with van der Waals surface area (Å²) < 4.78 is 15.8. The third kappa shape index (κ3) is 2.96. The van der Waals surface area contributed by atoms with Gasteiger partial charge in [-0.2, -0.15) is 5.10 Å². The van der Waals surface area contributed by atoms with Crippen molar-refractivity contribution in [2.75, 3.05) is 0 Å². The lowest BCUT2D eigenvalue weighted by molar-refractivity contribution is 0.1000. The topological polar surface area (TPSA) is 78.0 Å². The minimum atomic E-state index is -0.711. The molecule has 2 rings (SSSR count). The molecule has 5 nitrogen and oxygen atoms in total. The molecule has 0 fully saturated rings. The maximum Gasteiger partial charge on any atom is 0.282 e. The predicted octanol–water partition coefficient (Wildman–Crippen LogP) is 2.05. The van der Waals surface area contributed by atoms with E-state index in [2.05, 4.69) is 37.0 Å². The van der Waals surface area contributed by atoms with Gasteiger partial charge in [0.15, 0.2) is 0 Å². The van der Waals surface area contributed by atoms with Crippen LogP contribution < -0.4 is 11.3 Å². The van der Waals surface area contributed by atoms with Crippen LogP contribution in [0, 0.1) is 5.82 Å². The lowest BCUT2D eigenvalue weighted by Crippen LogP contribution is -2.24. The van der Waals surface area contributed by atoms with Gasteiger partial charge in [0, 0.05) is 11.1 Å². The molecule has 0 atom stereocenters. The molecule has 0 aliphatic rings. The van der Waals surface area contributed by atoms with Gasteiger partial charge in [-0.05, 0) is 44.0 Å². The summed E-state index contributed by atoms with van der Waals surface area (Å²) in [5.41, 5.74) is 4.98. The molecule has 1 amide bonds. The van der Waals surface area contributed by atoms with Crippen LogP contribution in [0.4, 0.5) is 4.39 Å². The zero-order valence-electron chi connectivity index (χ0n) is 9.94. The Labute approximate surface area is 129 Å². The first kappa shape index (κ1) is 14.9. The van der Waals surface area contributed by atoms with Crippen molar-refractivity contribution in [3.05, 3.63) is 60.6 Å². The van der Waals surface area contributed by atoms with Crippen molar-refractivity contribution in [3.63, 3.8) is 0 Å². The lowest BCUT2D eigenvalue weighted by atomic mass is 10.1. The molecule has 0 aliphatic carbocycles. The van der Waals surface area contributed by atoms with E-state index in [9.17, 15) is 14.0 Å². The number of carbonyl (C=O) groups excluding carboxylic acids is 1. The Kier molecular flexibility index (Phi) is 4.34. The fraction of sp³-hybridized carbons (Fsp3) is 0.0833. The van der Waals surface area contributed by atoms with Crippen LogP contribution in [0.15, 0.2) is 38.1 Å². The van der Waals surface area contributed by atoms with Gasteiger partial charge in [-0.1, -0.05) is 6.07 Å². The Bertz CT molecular complexity index is 746. The summed E-state index contributed by atoms with van der Waals surface area (Å²) in [4.78, 5) is 22.8. The normalized spacial score (nSPS) is 10.6. The number of amides is 1. The molecular weight excluding hydrogens is 397 g/mol. The average Bonchev–Trinajstić information content (AvgIpc) is 2.41. The number of nitrogens with two attached hydrogens (primary N) is 1. The third-order valence-corrected chi connectivity index (χ3v) is 4.50. The van der Waals surface area contributed by atoms with Crippen LogP contribution in [0.1, 0.15) is 15.9 Å². The molecule has 8 heteroatoms. The third-order valence-electron chi connectivity index (χ3n) is 2.60. The number of rotatable bonds is 3. The Balaban J connectivity index is 2.38. The van der Waals surface area contributed by atoms with Crippen molar-refractivity contribution >= 4 is 37.8 Å². The number of hydrogen-bond acceptors (Lipinski definition) is 3. The van der Waals surface area contributed by atoms with E-state index in [-0.39, 0.29) is 17.7 Å². The monoisotopic (exact) mass is 403 g/mol. The first-order valence-corrected chi connectivity index (χ1v) is 6.98. The number of benzene rings is 1. The molecule has 0 radical (unpaired) electrons. The summed E-state index contributed by atoms with van der Waals surface area (Å²) in [6, 6.07) is 3.84. The molecule has 0 bridgehead atoms.